The fourth-order valence-electron chi connectivity index (χ4n) is 1.14. The molecular formula is C9H16N2O. The minimum atomic E-state index is -0.139. The monoisotopic (exact) mass is 168 g/mol. The van der Waals surface area contributed by atoms with Crippen molar-refractivity contribution in [2.24, 2.45) is 0 Å². The van der Waals surface area contributed by atoms with Crippen LogP contribution in [0, 0.1) is 0 Å². The lowest BCUT2D eigenvalue weighted by Gasteiger charge is -2.05. The smallest absolute Gasteiger partial charge is 0.105 e. The fourth-order valence-corrected chi connectivity index (χ4v) is 1.14. The summed E-state index contributed by atoms with van der Waals surface area (Å²) in [5.41, 5.74) is 0. The van der Waals surface area contributed by atoms with E-state index in [9.17, 15) is 5.11 Å². The summed E-state index contributed by atoms with van der Waals surface area (Å²) < 4.78 is 0. The van der Waals surface area contributed by atoms with E-state index in [0.29, 0.717) is 0 Å². The van der Waals surface area contributed by atoms with Gasteiger partial charge in [-0.3, -0.25) is 0 Å². The minimum Gasteiger partial charge on any atom is -0.393 e. The molecule has 0 aliphatic rings. The topological polar surface area (TPSA) is 48.9 Å². The van der Waals surface area contributed by atoms with Gasteiger partial charge in [-0.25, -0.2) is 4.98 Å². The Morgan fingerprint density at radius 3 is 3.08 bits per heavy atom. The van der Waals surface area contributed by atoms with Gasteiger partial charge >= 0.3 is 0 Å². The normalized spacial score (nSPS) is 13.2. The molecule has 0 bridgehead atoms. The Morgan fingerprint density at radius 1 is 1.67 bits per heavy atom. The predicted molar refractivity (Wildman–Crippen MR) is 47.8 cm³/mol. The zero-order valence-corrected chi connectivity index (χ0v) is 7.45. The molecule has 0 amide bonds. The maximum Gasteiger partial charge on any atom is 0.105 e. The highest BCUT2D eigenvalue weighted by atomic mass is 16.3. The molecule has 0 aromatic carbocycles. The third-order valence-electron chi connectivity index (χ3n) is 1.98. The zero-order valence-electron chi connectivity index (χ0n) is 7.45. The number of hydrogen-bond donors (Lipinski definition) is 2. The molecule has 0 fully saturated rings. The van der Waals surface area contributed by atoms with Crippen LogP contribution in [0.5, 0.6) is 0 Å². The molecule has 1 aromatic rings. The van der Waals surface area contributed by atoms with E-state index >= 15 is 0 Å². The van der Waals surface area contributed by atoms with Crippen molar-refractivity contribution in [3.8, 4) is 0 Å². The molecule has 1 atom stereocenters. The molecule has 3 nitrogen and oxygen atoms in total. The number of hydrogen-bond acceptors (Lipinski definition) is 2. The summed E-state index contributed by atoms with van der Waals surface area (Å²) in [6.45, 7) is 2.00. The molecule has 1 unspecified atom stereocenters. The fraction of sp³-hybridized carbons (Fsp3) is 0.667. The van der Waals surface area contributed by atoms with E-state index in [-0.39, 0.29) is 6.10 Å². The van der Waals surface area contributed by atoms with Gasteiger partial charge in [0.25, 0.3) is 0 Å². The van der Waals surface area contributed by atoms with Crippen molar-refractivity contribution in [2.45, 2.75) is 38.7 Å². The molecule has 3 heteroatoms. The van der Waals surface area contributed by atoms with Crippen LogP contribution in [0.15, 0.2) is 12.4 Å². The molecule has 0 saturated carbocycles. The van der Waals surface area contributed by atoms with Crippen LogP contribution in [0.25, 0.3) is 0 Å². The van der Waals surface area contributed by atoms with Gasteiger partial charge in [-0.2, -0.15) is 0 Å². The summed E-state index contributed by atoms with van der Waals surface area (Å²) in [4.78, 5) is 7.14. The lowest BCUT2D eigenvalue weighted by Crippen LogP contribution is -2.04. The number of nitrogens with zero attached hydrogens (tertiary/aromatic N) is 1. The van der Waals surface area contributed by atoms with E-state index in [0.717, 1.165) is 31.5 Å². The standard InChI is InChI=1S/C9H16N2O/c1-2-8(12)4-3-5-9-10-6-7-11-9/h6-8,12H,2-5H2,1H3,(H,10,11). The van der Waals surface area contributed by atoms with Crippen LogP contribution in [0.1, 0.15) is 32.0 Å². The molecule has 12 heavy (non-hydrogen) atoms. The third kappa shape index (κ3) is 3.05. The van der Waals surface area contributed by atoms with Crippen LogP contribution in [-0.4, -0.2) is 21.2 Å². The summed E-state index contributed by atoms with van der Waals surface area (Å²) in [5.74, 6) is 1.01. The van der Waals surface area contributed by atoms with Crippen molar-refractivity contribution in [2.75, 3.05) is 0 Å². The van der Waals surface area contributed by atoms with Crippen LogP contribution >= 0.6 is 0 Å². The molecule has 0 saturated heterocycles. The van der Waals surface area contributed by atoms with Crippen molar-refractivity contribution in [3.05, 3.63) is 18.2 Å². The van der Waals surface area contributed by atoms with Gasteiger partial charge in [0.05, 0.1) is 6.10 Å². The van der Waals surface area contributed by atoms with Crippen LogP contribution in [0.3, 0.4) is 0 Å². The van der Waals surface area contributed by atoms with E-state index < -0.39 is 0 Å². The summed E-state index contributed by atoms with van der Waals surface area (Å²) in [6.07, 6.45) is 7.10. The van der Waals surface area contributed by atoms with E-state index in [2.05, 4.69) is 9.97 Å². The van der Waals surface area contributed by atoms with Gasteiger partial charge in [0.15, 0.2) is 0 Å². The molecule has 0 aliphatic carbocycles. The van der Waals surface area contributed by atoms with Crippen LogP contribution in [-0.2, 0) is 6.42 Å². The SMILES string of the molecule is CCC(O)CCCc1ncc[nH]1. The lowest BCUT2D eigenvalue weighted by molar-refractivity contribution is 0.157. The average Bonchev–Trinajstić information content (AvgIpc) is 2.57. The van der Waals surface area contributed by atoms with Crippen molar-refractivity contribution in [1.29, 1.82) is 0 Å². The maximum absolute atomic E-state index is 9.26. The highest BCUT2D eigenvalue weighted by Gasteiger charge is 2.00. The van der Waals surface area contributed by atoms with Crippen molar-refractivity contribution >= 4 is 0 Å². The number of aliphatic hydroxyl groups is 1. The molecule has 1 rings (SSSR count). The van der Waals surface area contributed by atoms with Gasteiger partial charge in [0.2, 0.25) is 0 Å². The molecule has 0 spiro atoms. The Morgan fingerprint density at radius 2 is 2.50 bits per heavy atom. The number of aromatic amines is 1. The van der Waals surface area contributed by atoms with Crippen LogP contribution < -0.4 is 0 Å². The number of aryl methyl sites for hydroxylation is 1. The summed E-state index contributed by atoms with van der Waals surface area (Å²) in [5, 5.41) is 9.26. The third-order valence-corrected chi connectivity index (χ3v) is 1.98. The highest BCUT2D eigenvalue weighted by molar-refractivity contribution is 4.86. The number of rotatable bonds is 5. The molecular weight excluding hydrogens is 152 g/mol. The Labute approximate surface area is 72.8 Å². The number of H-pyrrole nitrogens is 1. The van der Waals surface area contributed by atoms with Gasteiger partial charge in [0.1, 0.15) is 5.82 Å². The quantitative estimate of drug-likeness (QED) is 0.700. The summed E-state index contributed by atoms with van der Waals surface area (Å²) in [6, 6.07) is 0. The number of aromatic nitrogens is 2. The zero-order chi connectivity index (χ0) is 8.81. The van der Waals surface area contributed by atoms with E-state index in [4.69, 9.17) is 0 Å². The van der Waals surface area contributed by atoms with Crippen LogP contribution in [0.4, 0.5) is 0 Å². The van der Waals surface area contributed by atoms with Crippen molar-refractivity contribution in [1.82, 2.24) is 9.97 Å². The summed E-state index contributed by atoms with van der Waals surface area (Å²) in [7, 11) is 0. The van der Waals surface area contributed by atoms with E-state index in [1.165, 1.54) is 0 Å². The minimum absolute atomic E-state index is 0.139. The first-order chi connectivity index (χ1) is 5.83. The Hall–Kier alpha value is -0.830. The molecule has 1 aromatic heterocycles. The molecule has 0 radical (unpaired) electrons. The van der Waals surface area contributed by atoms with Gasteiger partial charge in [-0.1, -0.05) is 6.92 Å². The Bertz CT molecular complexity index is 196. The second-order valence-electron chi connectivity index (χ2n) is 2.99. The molecule has 0 aliphatic heterocycles. The highest BCUT2D eigenvalue weighted by Crippen LogP contribution is 2.04. The van der Waals surface area contributed by atoms with Crippen LogP contribution in [0.2, 0.25) is 0 Å². The first kappa shape index (κ1) is 9.26. The Kier molecular flexibility index (Phi) is 3.80. The molecule has 68 valence electrons. The first-order valence-electron chi connectivity index (χ1n) is 4.49. The molecule has 2 N–H and O–H groups in total. The number of nitrogens with one attached hydrogen (secondary N) is 1. The molecule has 1 heterocycles. The Balaban J connectivity index is 2.11. The van der Waals surface area contributed by atoms with Crippen molar-refractivity contribution in [3.63, 3.8) is 0 Å². The number of aliphatic hydroxyl groups excluding tert-OH is 1. The average molecular weight is 168 g/mol. The first-order valence-corrected chi connectivity index (χ1v) is 4.49. The van der Waals surface area contributed by atoms with Gasteiger partial charge < -0.3 is 10.1 Å². The second kappa shape index (κ2) is 4.93. The maximum atomic E-state index is 9.26. The second-order valence-corrected chi connectivity index (χ2v) is 2.99. The number of imidazole rings is 1. The van der Waals surface area contributed by atoms with Crippen molar-refractivity contribution < 1.29 is 5.11 Å². The summed E-state index contributed by atoms with van der Waals surface area (Å²) >= 11 is 0. The van der Waals surface area contributed by atoms with E-state index in [1.54, 1.807) is 6.20 Å². The van der Waals surface area contributed by atoms with Gasteiger partial charge in [-0.05, 0) is 19.3 Å². The van der Waals surface area contributed by atoms with Gasteiger partial charge in [0, 0.05) is 18.8 Å². The largest absolute Gasteiger partial charge is 0.393 e. The van der Waals surface area contributed by atoms with E-state index in [1.807, 2.05) is 13.1 Å². The predicted octanol–water partition coefficient (Wildman–Crippen LogP) is 1.50. The lowest BCUT2D eigenvalue weighted by atomic mass is 10.1. The van der Waals surface area contributed by atoms with Gasteiger partial charge in [-0.15, -0.1) is 0 Å².